The summed E-state index contributed by atoms with van der Waals surface area (Å²) in [5.41, 5.74) is 0.208. The van der Waals surface area contributed by atoms with E-state index in [1.807, 2.05) is 0 Å². The molecule has 0 aliphatic rings. The Hall–Kier alpha value is -1.40. The number of hydrogen-bond donors (Lipinski definition) is 0. The Balaban J connectivity index is 0.000000200. The van der Waals surface area contributed by atoms with Gasteiger partial charge in [-0.15, -0.1) is 11.6 Å². The van der Waals surface area contributed by atoms with Crippen LogP contribution in [0.5, 0.6) is 0 Å². The molecule has 0 unspecified atom stereocenters. The van der Waals surface area contributed by atoms with Crippen LogP contribution < -0.4 is 0 Å². The van der Waals surface area contributed by atoms with Crippen LogP contribution in [0.15, 0.2) is 41.4 Å². The molecule has 2 heterocycles. The zero-order valence-electron chi connectivity index (χ0n) is 9.49. The molecule has 0 aromatic carbocycles. The van der Waals surface area contributed by atoms with Gasteiger partial charge in [0.2, 0.25) is 0 Å². The first kappa shape index (κ1) is 15.7. The lowest BCUT2D eigenvalue weighted by Gasteiger charge is -1.94. The fraction of sp³-hybridized carbons (Fsp3) is 0.0833. The highest BCUT2D eigenvalue weighted by Crippen LogP contribution is 2.07. The Kier molecular flexibility index (Phi) is 6.52. The molecule has 2 aromatic heterocycles. The van der Waals surface area contributed by atoms with E-state index in [2.05, 4.69) is 25.9 Å². The van der Waals surface area contributed by atoms with Crippen molar-refractivity contribution in [2.75, 3.05) is 5.88 Å². The van der Waals surface area contributed by atoms with Crippen LogP contribution in [0.25, 0.3) is 0 Å². The van der Waals surface area contributed by atoms with Gasteiger partial charge in [-0.3, -0.25) is 14.8 Å². The molecule has 0 spiro atoms. The van der Waals surface area contributed by atoms with Crippen LogP contribution in [0.3, 0.4) is 0 Å². The van der Waals surface area contributed by atoms with Crippen molar-refractivity contribution >= 4 is 33.3 Å². The maximum Gasteiger partial charge on any atom is 0.179 e. The van der Waals surface area contributed by atoms with Crippen LogP contribution in [-0.4, -0.2) is 21.6 Å². The minimum atomic E-state index is -0.527. The monoisotopic (exact) mass is 348 g/mol. The Labute approximate surface area is 121 Å². The molecule has 2 aromatic rings. The maximum absolute atomic E-state index is 12.4. The van der Waals surface area contributed by atoms with Gasteiger partial charge in [-0.05, 0) is 28.1 Å². The molecule has 0 bridgehead atoms. The number of Topliss-reactive ketones (excluding diaryl/α,β-unsaturated/α-hetero) is 1. The zero-order valence-corrected chi connectivity index (χ0v) is 11.8. The molecule has 7 heteroatoms. The Morgan fingerprint density at radius 2 is 1.68 bits per heavy atom. The topological polar surface area (TPSA) is 42.9 Å². The van der Waals surface area contributed by atoms with E-state index in [0.717, 1.165) is 18.5 Å². The average Bonchev–Trinajstić information content (AvgIpc) is 2.38. The van der Waals surface area contributed by atoms with Gasteiger partial charge >= 0.3 is 0 Å². The lowest BCUT2D eigenvalue weighted by atomic mass is 10.2. The fourth-order valence-electron chi connectivity index (χ4n) is 1.03. The summed E-state index contributed by atoms with van der Waals surface area (Å²) in [5, 5.41) is 0. The zero-order chi connectivity index (χ0) is 14.3. The second kappa shape index (κ2) is 7.91. The molecule has 0 saturated heterocycles. The van der Waals surface area contributed by atoms with Crippen LogP contribution in [-0.2, 0) is 0 Å². The summed E-state index contributed by atoms with van der Waals surface area (Å²) < 4.78 is 25.1. The highest BCUT2D eigenvalue weighted by Gasteiger charge is 2.04. The molecule has 0 aliphatic carbocycles. The van der Waals surface area contributed by atoms with Gasteiger partial charge in [-0.1, -0.05) is 0 Å². The molecule has 0 atom stereocenters. The third-order valence-electron chi connectivity index (χ3n) is 1.82. The number of carbonyl (C=O) groups excluding carboxylic acids is 1. The largest absolute Gasteiger partial charge is 0.293 e. The molecular weight excluding hydrogens is 341 g/mol. The highest BCUT2D eigenvalue weighted by molar-refractivity contribution is 9.10. The van der Waals surface area contributed by atoms with Gasteiger partial charge < -0.3 is 0 Å². The standard InChI is InChI=1S/C7H5ClFNO.C5H3BrFN/c8-2-7(11)5-1-6(9)4-10-3-5;6-4-1-5(7)3-8-2-4/h1,3-4H,2H2;1-3H. The third kappa shape index (κ3) is 5.85. The molecule has 19 heavy (non-hydrogen) atoms. The molecule has 0 fully saturated rings. The van der Waals surface area contributed by atoms with E-state index in [1.165, 1.54) is 18.5 Å². The third-order valence-corrected chi connectivity index (χ3v) is 2.50. The van der Waals surface area contributed by atoms with Crippen molar-refractivity contribution in [1.29, 1.82) is 0 Å². The molecule has 0 radical (unpaired) electrons. The molecule has 0 aliphatic heterocycles. The summed E-state index contributed by atoms with van der Waals surface area (Å²) in [7, 11) is 0. The normalized spacial score (nSPS) is 9.47. The van der Waals surface area contributed by atoms with Crippen molar-refractivity contribution in [3.8, 4) is 0 Å². The van der Waals surface area contributed by atoms with Gasteiger partial charge in [0.15, 0.2) is 5.78 Å². The van der Waals surface area contributed by atoms with E-state index >= 15 is 0 Å². The number of rotatable bonds is 2. The predicted octanol–water partition coefficient (Wildman–Crippen LogP) is 3.63. The van der Waals surface area contributed by atoms with Gasteiger partial charge in [0.25, 0.3) is 0 Å². The first-order valence-electron chi connectivity index (χ1n) is 4.98. The molecular formula is C12H8BrClF2N2O. The lowest BCUT2D eigenvalue weighted by Crippen LogP contribution is -2.01. The SMILES string of the molecule is Fc1cncc(Br)c1.O=C(CCl)c1cncc(F)c1. The first-order chi connectivity index (χ1) is 9.02. The van der Waals surface area contributed by atoms with Crippen LogP contribution >= 0.6 is 27.5 Å². The summed E-state index contributed by atoms with van der Waals surface area (Å²) in [4.78, 5) is 17.9. The molecule has 2 rings (SSSR count). The van der Waals surface area contributed by atoms with Crippen molar-refractivity contribution in [1.82, 2.24) is 9.97 Å². The molecule has 0 saturated carbocycles. The van der Waals surface area contributed by atoms with E-state index in [9.17, 15) is 13.6 Å². The van der Waals surface area contributed by atoms with Gasteiger partial charge in [-0.25, -0.2) is 8.78 Å². The van der Waals surface area contributed by atoms with Crippen molar-refractivity contribution < 1.29 is 13.6 Å². The van der Waals surface area contributed by atoms with Gasteiger partial charge in [0, 0.05) is 22.4 Å². The summed E-state index contributed by atoms with van der Waals surface area (Å²) in [6.45, 7) is 0. The van der Waals surface area contributed by atoms with Gasteiger partial charge in [-0.2, -0.15) is 0 Å². The van der Waals surface area contributed by atoms with Crippen LogP contribution in [0.1, 0.15) is 10.4 Å². The van der Waals surface area contributed by atoms with E-state index in [0.29, 0.717) is 4.47 Å². The average molecular weight is 350 g/mol. The van der Waals surface area contributed by atoms with Crippen molar-refractivity contribution in [3.05, 3.63) is 58.6 Å². The molecule has 3 nitrogen and oxygen atoms in total. The maximum atomic E-state index is 12.4. The Bertz CT molecular complexity index is 552. The van der Waals surface area contributed by atoms with Crippen LogP contribution in [0, 0.1) is 11.6 Å². The number of aromatic nitrogens is 2. The van der Waals surface area contributed by atoms with Gasteiger partial charge in [0.1, 0.15) is 11.6 Å². The van der Waals surface area contributed by atoms with Crippen molar-refractivity contribution in [2.45, 2.75) is 0 Å². The summed E-state index contributed by atoms with van der Waals surface area (Å²) in [6, 6.07) is 2.46. The number of ketones is 1. The van der Waals surface area contributed by atoms with Crippen LogP contribution in [0.4, 0.5) is 8.78 Å². The Morgan fingerprint density at radius 3 is 2.11 bits per heavy atom. The second-order valence-corrected chi connectivity index (χ2v) is 4.45. The summed E-state index contributed by atoms with van der Waals surface area (Å²) in [6.07, 6.45) is 5.01. The number of nitrogens with zero attached hydrogens (tertiary/aromatic N) is 2. The number of carbonyl (C=O) groups is 1. The first-order valence-corrected chi connectivity index (χ1v) is 6.31. The highest BCUT2D eigenvalue weighted by atomic mass is 79.9. The quantitative estimate of drug-likeness (QED) is 0.614. The number of pyridine rings is 2. The molecule has 0 N–H and O–H groups in total. The molecule has 0 amide bonds. The summed E-state index contributed by atoms with van der Waals surface area (Å²) >= 11 is 8.30. The lowest BCUT2D eigenvalue weighted by molar-refractivity contribution is 0.102. The van der Waals surface area contributed by atoms with Crippen molar-refractivity contribution in [3.63, 3.8) is 0 Å². The van der Waals surface area contributed by atoms with Crippen LogP contribution in [0.2, 0.25) is 0 Å². The predicted molar refractivity (Wildman–Crippen MR) is 71.1 cm³/mol. The number of hydrogen-bond acceptors (Lipinski definition) is 3. The number of halogens is 4. The second-order valence-electron chi connectivity index (χ2n) is 3.27. The minimum absolute atomic E-state index is 0.148. The minimum Gasteiger partial charge on any atom is -0.293 e. The molecule has 100 valence electrons. The smallest absolute Gasteiger partial charge is 0.179 e. The van der Waals surface area contributed by atoms with Crippen molar-refractivity contribution in [2.24, 2.45) is 0 Å². The van der Waals surface area contributed by atoms with E-state index in [-0.39, 0.29) is 23.0 Å². The van der Waals surface area contributed by atoms with E-state index in [1.54, 1.807) is 0 Å². The number of alkyl halides is 1. The van der Waals surface area contributed by atoms with E-state index in [4.69, 9.17) is 11.6 Å². The van der Waals surface area contributed by atoms with E-state index < -0.39 is 5.82 Å². The Morgan fingerprint density at radius 1 is 1.11 bits per heavy atom. The summed E-state index contributed by atoms with van der Waals surface area (Å²) in [5.74, 6) is -1.32. The van der Waals surface area contributed by atoms with Gasteiger partial charge in [0.05, 0.1) is 18.3 Å². The fourth-order valence-corrected chi connectivity index (χ4v) is 1.52.